The Bertz CT molecular complexity index is 714. The van der Waals surface area contributed by atoms with Gasteiger partial charge in [0.25, 0.3) is 0 Å². The smallest absolute Gasteiger partial charge is 0.225 e. The topological polar surface area (TPSA) is 40.9 Å². The maximum Gasteiger partial charge on any atom is 0.225 e. The van der Waals surface area contributed by atoms with E-state index in [1.807, 2.05) is 40.8 Å². The molecule has 0 unspecified atom stereocenters. The van der Waals surface area contributed by atoms with Gasteiger partial charge in [0.1, 0.15) is 5.65 Å². The maximum absolute atomic E-state index is 12.4. The fraction of sp³-hybridized carbons (Fsp3) is 0.556. The average Bonchev–Trinajstić information content (AvgIpc) is 2.81. The molecule has 1 fully saturated rings. The molecular formula is C18H25ClN4O. The van der Waals surface area contributed by atoms with Gasteiger partial charge in [0, 0.05) is 51.0 Å². The summed E-state index contributed by atoms with van der Waals surface area (Å²) in [7, 11) is 0. The first-order valence-electron chi connectivity index (χ1n) is 8.71. The van der Waals surface area contributed by atoms with Crippen molar-refractivity contribution in [1.82, 2.24) is 19.2 Å². The van der Waals surface area contributed by atoms with Crippen molar-refractivity contribution in [2.24, 2.45) is 5.92 Å². The van der Waals surface area contributed by atoms with E-state index in [0.29, 0.717) is 10.9 Å². The lowest BCUT2D eigenvalue weighted by Crippen LogP contribution is -2.38. The molecule has 3 rings (SSSR count). The largest absolute Gasteiger partial charge is 0.341 e. The van der Waals surface area contributed by atoms with Crippen LogP contribution in [0, 0.1) is 5.92 Å². The monoisotopic (exact) mass is 348 g/mol. The van der Waals surface area contributed by atoms with Gasteiger partial charge in [0.05, 0.1) is 10.7 Å². The van der Waals surface area contributed by atoms with Crippen molar-refractivity contribution in [2.75, 3.05) is 26.2 Å². The van der Waals surface area contributed by atoms with Crippen molar-refractivity contribution in [1.29, 1.82) is 0 Å². The van der Waals surface area contributed by atoms with Crippen LogP contribution in [0.1, 0.15) is 32.4 Å². The van der Waals surface area contributed by atoms with Gasteiger partial charge < -0.3 is 9.30 Å². The lowest BCUT2D eigenvalue weighted by molar-refractivity contribution is -0.134. The third-order valence-electron chi connectivity index (χ3n) is 4.78. The Morgan fingerprint density at radius 1 is 1.25 bits per heavy atom. The summed E-state index contributed by atoms with van der Waals surface area (Å²) in [6.07, 6.45) is 5.83. The van der Waals surface area contributed by atoms with E-state index >= 15 is 0 Å². The molecule has 5 nitrogen and oxygen atoms in total. The van der Waals surface area contributed by atoms with E-state index in [9.17, 15) is 4.79 Å². The minimum absolute atomic E-state index is 0.125. The zero-order chi connectivity index (χ0) is 17.1. The average molecular weight is 349 g/mol. The minimum Gasteiger partial charge on any atom is -0.341 e. The molecule has 0 saturated carbocycles. The summed E-state index contributed by atoms with van der Waals surface area (Å²) in [6.45, 7) is 8.47. The number of pyridine rings is 1. The Kier molecular flexibility index (Phi) is 5.41. The fourth-order valence-electron chi connectivity index (χ4n) is 3.16. The second kappa shape index (κ2) is 7.53. The minimum atomic E-state index is 0.125. The number of hydrogen-bond acceptors (Lipinski definition) is 3. The highest BCUT2D eigenvalue weighted by Gasteiger charge is 2.22. The van der Waals surface area contributed by atoms with Crippen molar-refractivity contribution < 1.29 is 4.79 Å². The first-order valence-corrected chi connectivity index (χ1v) is 9.09. The Morgan fingerprint density at radius 2 is 2.08 bits per heavy atom. The zero-order valence-electron chi connectivity index (χ0n) is 14.4. The number of carbonyl (C=O) groups is 1. The molecule has 1 aliphatic heterocycles. The molecule has 2 aromatic heterocycles. The molecule has 0 spiro atoms. The Balaban J connectivity index is 1.62. The molecule has 1 amide bonds. The van der Waals surface area contributed by atoms with Gasteiger partial charge in [-0.2, -0.15) is 0 Å². The van der Waals surface area contributed by atoms with Crippen molar-refractivity contribution in [3.63, 3.8) is 0 Å². The van der Waals surface area contributed by atoms with Gasteiger partial charge in [-0.25, -0.2) is 4.98 Å². The third kappa shape index (κ3) is 3.90. The van der Waals surface area contributed by atoms with Gasteiger partial charge in [0.15, 0.2) is 0 Å². The van der Waals surface area contributed by atoms with Crippen LogP contribution >= 0.6 is 11.6 Å². The van der Waals surface area contributed by atoms with Crippen LogP contribution in [0.4, 0.5) is 0 Å². The molecule has 1 aliphatic rings. The molecule has 0 aromatic carbocycles. The number of nitrogens with zero attached hydrogens (tertiary/aromatic N) is 4. The number of halogens is 1. The SMILES string of the molecule is CC[C@@H](C)C(=O)N1CCCN(Cc2cn3cc(Cl)ccc3n2)CC1. The van der Waals surface area contributed by atoms with E-state index in [-0.39, 0.29) is 5.92 Å². The summed E-state index contributed by atoms with van der Waals surface area (Å²) >= 11 is 6.03. The second-order valence-corrected chi connectivity index (χ2v) is 7.05. The van der Waals surface area contributed by atoms with Crippen LogP contribution in [0.5, 0.6) is 0 Å². The highest BCUT2D eigenvalue weighted by Crippen LogP contribution is 2.15. The summed E-state index contributed by atoms with van der Waals surface area (Å²) < 4.78 is 1.97. The van der Waals surface area contributed by atoms with Crippen LogP contribution in [-0.4, -0.2) is 51.3 Å². The molecular weight excluding hydrogens is 324 g/mol. The van der Waals surface area contributed by atoms with Gasteiger partial charge in [-0.1, -0.05) is 25.4 Å². The third-order valence-corrected chi connectivity index (χ3v) is 5.01. The standard InChI is InChI=1S/C18H25ClN4O/c1-3-14(2)18(24)22-8-4-7-21(9-10-22)12-16-13-23-11-15(19)5-6-17(23)20-16/h5-6,11,13-14H,3-4,7-10,12H2,1-2H3/t14-/m1/s1. The van der Waals surface area contributed by atoms with Crippen molar-refractivity contribution in [3.8, 4) is 0 Å². The number of carbonyl (C=O) groups excluding carboxylic acids is 1. The summed E-state index contributed by atoms with van der Waals surface area (Å²) in [5.74, 6) is 0.418. The second-order valence-electron chi connectivity index (χ2n) is 6.61. The number of amides is 1. The summed E-state index contributed by atoms with van der Waals surface area (Å²) in [6, 6.07) is 3.79. The Hall–Kier alpha value is -1.59. The van der Waals surface area contributed by atoms with Crippen LogP contribution in [0.2, 0.25) is 5.02 Å². The summed E-state index contributed by atoms with van der Waals surface area (Å²) in [5, 5.41) is 0.709. The van der Waals surface area contributed by atoms with Crippen LogP contribution < -0.4 is 0 Å². The van der Waals surface area contributed by atoms with Gasteiger partial charge in [-0.05, 0) is 25.0 Å². The van der Waals surface area contributed by atoms with E-state index in [1.165, 1.54) is 0 Å². The maximum atomic E-state index is 12.4. The first-order chi connectivity index (χ1) is 11.6. The van der Waals surface area contributed by atoms with Gasteiger partial charge in [0.2, 0.25) is 5.91 Å². The van der Waals surface area contributed by atoms with Crippen molar-refractivity contribution in [3.05, 3.63) is 35.2 Å². The van der Waals surface area contributed by atoms with E-state index in [1.54, 1.807) is 0 Å². The predicted molar refractivity (Wildman–Crippen MR) is 96.1 cm³/mol. The highest BCUT2D eigenvalue weighted by molar-refractivity contribution is 6.30. The van der Waals surface area contributed by atoms with Crippen LogP contribution in [0.15, 0.2) is 24.5 Å². The molecule has 6 heteroatoms. The van der Waals surface area contributed by atoms with E-state index in [4.69, 9.17) is 11.6 Å². The number of fused-ring (bicyclic) bond motifs is 1. The van der Waals surface area contributed by atoms with Gasteiger partial charge >= 0.3 is 0 Å². The molecule has 0 bridgehead atoms. The molecule has 1 atom stereocenters. The first kappa shape index (κ1) is 17.2. The highest BCUT2D eigenvalue weighted by atomic mass is 35.5. The normalized spacial score (nSPS) is 17.9. The van der Waals surface area contributed by atoms with Crippen LogP contribution in [0.25, 0.3) is 5.65 Å². The molecule has 0 aliphatic carbocycles. The molecule has 0 radical (unpaired) electrons. The lowest BCUT2D eigenvalue weighted by Gasteiger charge is -2.24. The number of imidazole rings is 1. The Labute approximate surface area is 148 Å². The van der Waals surface area contributed by atoms with E-state index in [0.717, 1.165) is 56.9 Å². The van der Waals surface area contributed by atoms with Crippen molar-refractivity contribution >= 4 is 23.2 Å². The predicted octanol–water partition coefficient (Wildman–Crippen LogP) is 3.07. The fourth-order valence-corrected chi connectivity index (χ4v) is 3.33. The summed E-state index contributed by atoms with van der Waals surface area (Å²) in [5.41, 5.74) is 1.96. The van der Waals surface area contributed by atoms with E-state index in [2.05, 4.69) is 16.8 Å². The molecule has 24 heavy (non-hydrogen) atoms. The van der Waals surface area contributed by atoms with Gasteiger partial charge in [-0.3, -0.25) is 9.69 Å². The van der Waals surface area contributed by atoms with Crippen LogP contribution in [0.3, 0.4) is 0 Å². The molecule has 0 N–H and O–H groups in total. The molecule has 1 saturated heterocycles. The number of rotatable bonds is 4. The quantitative estimate of drug-likeness (QED) is 0.852. The van der Waals surface area contributed by atoms with Crippen LogP contribution in [-0.2, 0) is 11.3 Å². The Morgan fingerprint density at radius 3 is 2.88 bits per heavy atom. The molecule has 3 heterocycles. The summed E-state index contributed by atoms with van der Waals surface area (Å²) in [4.78, 5) is 21.4. The van der Waals surface area contributed by atoms with Gasteiger partial charge in [-0.15, -0.1) is 0 Å². The molecule has 2 aromatic rings. The van der Waals surface area contributed by atoms with E-state index < -0.39 is 0 Å². The zero-order valence-corrected chi connectivity index (χ0v) is 15.2. The lowest BCUT2D eigenvalue weighted by atomic mass is 10.1. The molecule has 130 valence electrons. The number of hydrogen-bond donors (Lipinski definition) is 0. The number of aromatic nitrogens is 2. The van der Waals surface area contributed by atoms with Crippen molar-refractivity contribution in [2.45, 2.75) is 33.2 Å².